The number of esters is 2. The second-order valence-electron chi connectivity index (χ2n) is 24.3. The molecule has 2 amide bonds. The van der Waals surface area contributed by atoms with Crippen molar-refractivity contribution in [1.29, 1.82) is 0 Å². The zero-order valence-electron chi connectivity index (χ0n) is 53.5. The lowest BCUT2D eigenvalue weighted by molar-refractivity contribution is -0.146. The van der Waals surface area contributed by atoms with E-state index in [4.69, 9.17) is 9.47 Å². The van der Waals surface area contributed by atoms with Gasteiger partial charge in [0.2, 0.25) is 11.8 Å². The van der Waals surface area contributed by atoms with Gasteiger partial charge in [0, 0.05) is 51.9 Å². The second-order valence-corrected chi connectivity index (χ2v) is 24.3. The highest BCUT2D eigenvalue weighted by atomic mass is 16.5. The van der Waals surface area contributed by atoms with Gasteiger partial charge in [-0.05, 0) is 122 Å². The van der Waals surface area contributed by atoms with Crippen LogP contribution in [0.2, 0.25) is 0 Å². The number of unbranched alkanes of at least 4 members (excludes halogenated alkanes) is 30. The molecule has 0 bridgehead atoms. The van der Waals surface area contributed by atoms with Crippen molar-refractivity contribution in [3.63, 3.8) is 0 Å². The van der Waals surface area contributed by atoms with Crippen LogP contribution in [0.1, 0.15) is 350 Å². The van der Waals surface area contributed by atoms with Gasteiger partial charge in [-0.2, -0.15) is 0 Å². The molecule has 0 rings (SSSR count). The van der Waals surface area contributed by atoms with Gasteiger partial charge in [0.15, 0.2) is 0 Å². The number of carbonyl (C=O) groups excluding carboxylic acids is 4. The lowest BCUT2D eigenvalue weighted by atomic mass is 9.95. The van der Waals surface area contributed by atoms with Crippen LogP contribution in [0.4, 0.5) is 0 Å². The molecule has 0 spiro atoms. The van der Waals surface area contributed by atoms with E-state index in [0.29, 0.717) is 62.5 Å². The quantitative estimate of drug-likeness (QED) is 0.0442. The predicted octanol–water partition coefficient (Wildman–Crippen LogP) is 19.7. The first-order valence-corrected chi connectivity index (χ1v) is 34.7. The van der Waals surface area contributed by atoms with E-state index in [-0.39, 0.29) is 11.9 Å². The van der Waals surface area contributed by atoms with E-state index in [1.54, 1.807) is 0 Å². The number of carbonyl (C=O) groups is 4. The van der Waals surface area contributed by atoms with Crippen molar-refractivity contribution < 1.29 is 28.7 Å². The summed E-state index contributed by atoms with van der Waals surface area (Å²) in [5.74, 6) is 1.54. The van der Waals surface area contributed by atoms with Crippen molar-refractivity contribution in [3.8, 4) is 0 Å². The summed E-state index contributed by atoms with van der Waals surface area (Å²) in [5.41, 5.74) is 0. The van der Waals surface area contributed by atoms with Crippen LogP contribution in [-0.4, -0.2) is 98.0 Å². The molecule has 9 nitrogen and oxygen atoms in total. The van der Waals surface area contributed by atoms with Crippen LogP contribution in [0.5, 0.6) is 0 Å². The van der Waals surface area contributed by atoms with E-state index in [2.05, 4.69) is 63.3 Å². The van der Waals surface area contributed by atoms with E-state index >= 15 is 0 Å². The van der Waals surface area contributed by atoms with Gasteiger partial charge < -0.3 is 24.2 Å². The average molecular weight is 1100 g/mol. The maximum Gasteiger partial charge on any atom is 0.305 e. The smallest absolute Gasteiger partial charge is 0.305 e. The average Bonchev–Trinajstić information content (AvgIpc) is 3.43. The first kappa shape index (κ1) is 75.8. The topological polar surface area (TPSA) is 96.5 Å². The third kappa shape index (κ3) is 50.8. The van der Waals surface area contributed by atoms with E-state index in [0.717, 1.165) is 142 Å². The molecular formula is C69H135N3O6. The minimum atomic E-state index is -0.0419. The van der Waals surface area contributed by atoms with E-state index in [9.17, 15) is 19.2 Å². The Morgan fingerprint density at radius 2 is 0.513 bits per heavy atom. The third-order valence-corrected chi connectivity index (χ3v) is 16.6. The fraction of sp³-hybridized carbons (Fsp3) is 0.942. The second kappa shape index (κ2) is 59.5. The molecule has 0 saturated heterocycles. The van der Waals surface area contributed by atoms with Crippen molar-refractivity contribution in [2.45, 2.75) is 350 Å². The van der Waals surface area contributed by atoms with Crippen molar-refractivity contribution in [1.82, 2.24) is 14.7 Å². The predicted molar refractivity (Wildman–Crippen MR) is 335 cm³/mol. The van der Waals surface area contributed by atoms with Gasteiger partial charge in [-0.1, -0.05) is 234 Å². The Kier molecular flexibility index (Phi) is 57.8. The molecule has 0 aromatic rings. The maximum atomic E-state index is 13.4. The zero-order valence-corrected chi connectivity index (χ0v) is 53.5. The number of ether oxygens (including phenoxy) is 2. The van der Waals surface area contributed by atoms with Gasteiger partial charge in [-0.3, -0.25) is 19.2 Å². The first-order valence-electron chi connectivity index (χ1n) is 34.7. The largest absolute Gasteiger partial charge is 0.465 e. The Morgan fingerprint density at radius 1 is 0.282 bits per heavy atom. The van der Waals surface area contributed by atoms with E-state index in [1.807, 2.05) is 0 Å². The Hall–Kier alpha value is -2.16. The Morgan fingerprint density at radius 3 is 0.833 bits per heavy atom. The van der Waals surface area contributed by atoms with Crippen molar-refractivity contribution >= 4 is 23.8 Å². The maximum absolute atomic E-state index is 13.4. The van der Waals surface area contributed by atoms with E-state index in [1.165, 1.54) is 180 Å². The minimum absolute atomic E-state index is 0.0419. The normalized spacial score (nSPS) is 12.3. The monoisotopic (exact) mass is 1100 g/mol. The number of amides is 2. The molecule has 0 aromatic heterocycles. The zero-order chi connectivity index (χ0) is 57.2. The standard InChI is InChI=1S/C69H135N3O6/c1-8-14-20-26-36-50-64(48-34-22-16-10-3)62-77-68(75)54-40-32-46-60-71(58-44-24-18-12-5)66(73)52-38-28-30-42-56-70(7)57-43-31-29-39-53-67(74)72(59-45-25-19-13-6)61-47-33-41-55-69(76)78-63-65(49-35-23-17-11-4)51-37-27-21-15-9-2/h64-65H,8-63H2,1-7H3. The number of hydrogen-bond acceptors (Lipinski definition) is 7. The minimum Gasteiger partial charge on any atom is -0.465 e. The number of rotatable bonds is 62. The highest BCUT2D eigenvalue weighted by Crippen LogP contribution is 2.22. The summed E-state index contributed by atoms with van der Waals surface area (Å²) in [5, 5.41) is 0. The molecule has 0 radical (unpaired) electrons. The van der Waals surface area contributed by atoms with Crippen LogP contribution in [0, 0.1) is 11.8 Å². The lowest BCUT2D eigenvalue weighted by Crippen LogP contribution is -2.32. The molecule has 78 heavy (non-hydrogen) atoms. The van der Waals surface area contributed by atoms with Gasteiger partial charge in [-0.25, -0.2) is 0 Å². The van der Waals surface area contributed by atoms with E-state index < -0.39 is 0 Å². The molecule has 0 aliphatic heterocycles. The van der Waals surface area contributed by atoms with Crippen LogP contribution in [0.15, 0.2) is 0 Å². The number of hydrogen-bond donors (Lipinski definition) is 0. The molecule has 2 atom stereocenters. The van der Waals surface area contributed by atoms with Gasteiger partial charge in [0.1, 0.15) is 0 Å². The van der Waals surface area contributed by atoms with Crippen LogP contribution in [-0.2, 0) is 28.7 Å². The van der Waals surface area contributed by atoms with Crippen LogP contribution >= 0.6 is 0 Å². The lowest BCUT2D eigenvalue weighted by Gasteiger charge is -2.23. The molecule has 9 heteroatoms. The fourth-order valence-corrected chi connectivity index (χ4v) is 11.1. The Balaban J connectivity index is 4.50. The Labute approximate surface area is 486 Å². The molecule has 0 heterocycles. The fourth-order valence-electron chi connectivity index (χ4n) is 11.1. The highest BCUT2D eigenvalue weighted by molar-refractivity contribution is 5.76. The molecule has 0 saturated carbocycles. The molecule has 2 unspecified atom stereocenters. The van der Waals surface area contributed by atoms with Gasteiger partial charge >= 0.3 is 11.9 Å². The molecule has 462 valence electrons. The summed E-state index contributed by atoms with van der Waals surface area (Å²) in [6.07, 6.45) is 53.7. The summed E-state index contributed by atoms with van der Waals surface area (Å²) in [4.78, 5) is 59.0. The van der Waals surface area contributed by atoms with Gasteiger partial charge in [-0.15, -0.1) is 0 Å². The Bertz CT molecular complexity index is 1220. The SMILES string of the molecule is CCCCCCCC(CCCCCC)COC(=O)CCCCCN(CCCCCC)C(=O)CCCCCCN(C)CCCCCCC(=O)N(CCCCCC)CCCCCC(=O)OCC(CCCCCC)CCCCCCC. The van der Waals surface area contributed by atoms with Crippen molar-refractivity contribution in [2.75, 3.05) is 59.5 Å². The molecule has 0 aromatic carbocycles. The number of nitrogens with zero attached hydrogens (tertiary/aromatic N) is 3. The first-order chi connectivity index (χ1) is 38.1. The van der Waals surface area contributed by atoms with Crippen LogP contribution in [0.3, 0.4) is 0 Å². The van der Waals surface area contributed by atoms with Crippen LogP contribution < -0.4 is 0 Å². The summed E-state index contributed by atoms with van der Waals surface area (Å²) < 4.78 is 11.7. The summed E-state index contributed by atoms with van der Waals surface area (Å²) >= 11 is 0. The van der Waals surface area contributed by atoms with Crippen molar-refractivity contribution in [3.05, 3.63) is 0 Å². The summed E-state index contributed by atoms with van der Waals surface area (Å²) in [7, 11) is 2.23. The summed E-state index contributed by atoms with van der Waals surface area (Å²) in [6, 6.07) is 0. The molecular weight excluding hydrogens is 967 g/mol. The molecule has 0 aliphatic carbocycles. The van der Waals surface area contributed by atoms with Crippen LogP contribution in [0.25, 0.3) is 0 Å². The highest BCUT2D eigenvalue weighted by Gasteiger charge is 2.17. The van der Waals surface area contributed by atoms with Gasteiger partial charge in [0.05, 0.1) is 13.2 Å². The van der Waals surface area contributed by atoms with Gasteiger partial charge in [0.25, 0.3) is 0 Å². The summed E-state index contributed by atoms with van der Waals surface area (Å²) in [6.45, 7) is 20.2. The molecule has 0 aliphatic rings. The van der Waals surface area contributed by atoms with Crippen molar-refractivity contribution in [2.24, 2.45) is 11.8 Å². The molecule has 0 N–H and O–H groups in total. The third-order valence-electron chi connectivity index (χ3n) is 16.6. The molecule has 0 fully saturated rings.